The summed E-state index contributed by atoms with van der Waals surface area (Å²) in [5.41, 5.74) is 2.01. The molecular formula is C9H11N3OS. The van der Waals surface area contributed by atoms with Crippen molar-refractivity contribution < 1.29 is 4.52 Å². The van der Waals surface area contributed by atoms with E-state index in [0.717, 1.165) is 22.9 Å². The maximum absolute atomic E-state index is 4.72. The molecule has 0 saturated carbocycles. The van der Waals surface area contributed by atoms with E-state index in [-0.39, 0.29) is 0 Å². The number of anilines is 1. The van der Waals surface area contributed by atoms with Gasteiger partial charge in [0.05, 0.1) is 12.2 Å². The van der Waals surface area contributed by atoms with Crippen molar-refractivity contribution in [1.29, 1.82) is 0 Å². The Hall–Kier alpha value is -1.36. The van der Waals surface area contributed by atoms with Crippen molar-refractivity contribution in [3.8, 4) is 0 Å². The maximum Gasteiger partial charge on any atom is 0.183 e. The number of rotatable bonds is 4. The van der Waals surface area contributed by atoms with Gasteiger partial charge in [0.15, 0.2) is 5.13 Å². The second-order valence-electron chi connectivity index (χ2n) is 2.84. The Morgan fingerprint density at radius 2 is 2.43 bits per heavy atom. The van der Waals surface area contributed by atoms with Gasteiger partial charge in [0, 0.05) is 11.4 Å². The summed E-state index contributed by atoms with van der Waals surface area (Å²) in [6.45, 7) is 2.75. The molecule has 0 aliphatic rings. The summed E-state index contributed by atoms with van der Waals surface area (Å²) in [5, 5.41) is 9.98. The van der Waals surface area contributed by atoms with E-state index >= 15 is 0 Å². The Morgan fingerprint density at radius 3 is 3.07 bits per heavy atom. The van der Waals surface area contributed by atoms with Crippen molar-refractivity contribution in [2.45, 2.75) is 19.9 Å². The molecule has 14 heavy (non-hydrogen) atoms. The van der Waals surface area contributed by atoms with Crippen LogP contribution in [-0.2, 0) is 13.0 Å². The summed E-state index contributed by atoms with van der Waals surface area (Å²) >= 11 is 1.62. The second-order valence-corrected chi connectivity index (χ2v) is 3.70. The van der Waals surface area contributed by atoms with E-state index in [2.05, 4.69) is 27.8 Å². The Morgan fingerprint density at radius 1 is 1.50 bits per heavy atom. The molecule has 0 unspecified atom stereocenters. The topological polar surface area (TPSA) is 51.0 Å². The van der Waals surface area contributed by atoms with Gasteiger partial charge in [-0.3, -0.25) is 0 Å². The van der Waals surface area contributed by atoms with E-state index < -0.39 is 0 Å². The quantitative estimate of drug-likeness (QED) is 0.839. The van der Waals surface area contributed by atoms with Crippen molar-refractivity contribution in [1.82, 2.24) is 10.1 Å². The molecule has 74 valence electrons. The van der Waals surface area contributed by atoms with Crippen molar-refractivity contribution in [3.63, 3.8) is 0 Å². The predicted molar refractivity (Wildman–Crippen MR) is 55.3 cm³/mol. The van der Waals surface area contributed by atoms with Gasteiger partial charge in [-0.2, -0.15) is 0 Å². The van der Waals surface area contributed by atoms with Gasteiger partial charge in [0.25, 0.3) is 0 Å². The largest absolute Gasteiger partial charge is 0.364 e. The lowest BCUT2D eigenvalue weighted by Crippen LogP contribution is -1.99. The average Bonchev–Trinajstić information content (AvgIpc) is 2.86. The van der Waals surface area contributed by atoms with E-state index in [0.29, 0.717) is 6.54 Å². The minimum atomic E-state index is 0.660. The lowest BCUT2D eigenvalue weighted by molar-refractivity contribution is 0.412. The lowest BCUT2D eigenvalue weighted by atomic mass is 10.4. The third-order valence-corrected chi connectivity index (χ3v) is 2.67. The van der Waals surface area contributed by atoms with Crippen LogP contribution in [0.1, 0.15) is 18.3 Å². The highest BCUT2D eigenvalue weighted by molar-refractivity contribution is 7.13. The molecule has 0 saturated heterocycles. The van der Waals surface area contributed by atoms with E-state index in [4.69, 9.17) is 4.52 Å². The van der Waals surface area contributed by atoms with Crippen LogP contribution in [0.3, 0.4) is 0 Å². The number of nitrogens with one attached hydrogen (secondary N) is 1. The van der Waals surface area contributed by atoms with E-state index in [9.17, 15) is 0 Å². The fraction of sp³-hybridized carbons (Fsp3) is 0.333. The molecule has 5 heteroatoms. The molecule has 1 N–H and O–H groups in total. The van der Waals surface area contributed by atoms with Gasteiger partial charge >= 0.3 is 0 Å². The fourth-order valence-corrected chi connectivity index (χ4v) is 1.84. The molecule has 0 aliphatic carbocycles. The molecule has 0 amide bonds. The van der Waals surface area contributed by atoms with Gasteiger partial charge in [-0.25, -0.2) is 4.98 Å². The van der Waals surface area contributed by atoms with Crippen LogP contribution in [0.4, 0.5) is 5.13 Å². The smallest absolute Gasteiger partial charge is 0.183 e. The molecule has 2 rings (SSSR count). The summed E-state index contributed by atoms with van der Waals surface area (Å²) < 4.78 is 4.72. The van der Waals surface area contributed by atoms with Crippen LogP contribution < -0.4 is 5.32 Å². The average molecular weight is 209 g/mol. The predicted octanol–water partition coefficient (Wildman–Crippen LogP) is 2.31. The molecular weight excluding hydrogens is 198 g/mol. The van der Waals surface area contributed by atoms with Crippen LogP contribution in [-0.4, -0.2) is 10.1 Å². The number of hydrogen-bond acceptors (Lipinski definition) is 5. The van der Waals surface area contributed by atoms with Gasteiger partial charge in [-0.15, -0.1) is 11.3 Å². The minimum absolute atomic E-state index is 0.660. The summed E-state index contributed by atoms with van der Waals surface area (Å²) in [5.74, 6) is 0. The Balaban J connectivity index is 1.92. The van der Waals surface area contributed by atoms with Crippen LogP contribution >= 0.6 is 11.3 Å². The van der Waals surface area contributed by atoms with Gasteiger partial charge < -0.3 is 9.84 Å². The van der Waals surface area contributed by atoms with Gasteiger partial charge in [-0.05, 0) is 6.42 Å². The van der Waals surface area contributed by atoms with Gasteiger partial charge in [-0.1, -0.05) is 12.1 Å². The minimum Gasteiger partial charge on any atom is -0.364 e. The maximum atomic E-state index is 4.72. The van der Waals surface area contributed by atoms with Gasteiger partial charge in [0.2, 0.25) is 0 Å². The summed E-state index contributed by atoms with van der Waals surface area (Å²) in [6, 6.07) is 1.83. The zero-order valence-corrected chi connectivity index (χ0v) is 8.67. The van der Waals surface area contributed by atoms with Crippen LogP contribution in [0.2, 0.25) is 0 Å². The lowest BCUT2D eigenvalue weighted by Gasteiger charge is -1.96. The molecule has 0 spiro atoms. The Bertz CT molecular complexity index is 382. The molecule has 2 heterocycles. The van der Waals surface area contributed by atoms with Crippen LogP contribution in [0.25, 0.3) is 0 Å². The van der Waals surface area contributed by atoms with Crippen molar-refractivity contribution in [3.05, 3.63) is 29.1 Å². The van der Waals surface area contributed by atoms with Crippen molar-refractivity contribution in [2.75, 3.05) is 5.32 Å². The first kappa shape index (κ1) is 9.21. The highest BCUT2D eigenvalue weighted by atomic mass is 32.1. The normalized spacial score (nSPS) is 10.4. The zero-order valence-electron chi connectivity index (χ0n) is 7.86. The van der Waals surface area contributed by atoms with Crippen LogP contribution in [0.5, 0.6) is 0 Å². The van der Waals surface area contributed by atoms with Crippen LogP contribution in [0, 0.1) is 0 Å². The number of hydrogen-bond donors (Lipinski definition) is 1. The Labute approximate surface area is 86.0 Å². The molecule has 0 fully saturated rings. The van der Waals surface area contributed by atoms with Crippen molar-refractivity contribution in [2.24, 2.45) is 0 Å². The first-order chi connectivity index (χ1) is 6.88. The van der Waals surface area contributed by atoms with E-state index in [1.807, 2.05) is 6.07 Å². The number of thiazole rings is 1. The highest BCUT2D eigenvalue weighted by Gasteiger charge is 2.00. The highest BCUT2D eigenvalue weighted by Crippen LogP contribution is 2.16. The number of nitrogens with zero attached hydrogens (tertiary/aromatic N) is 2. The van der Waals surface area contributed by atoms with Crippen molar-refractivity contribution >= 4 is 16.5 Å². The zero-order chi connectivity index (χ0) is 9.80. The standard InChI is InChI=1S/C9H11N3OS/c1-2-7-6-14-9(11-7)10-5-8-3-4-13-12-8/h3-4,6H,2,5H2,1H3,(H,10,11). The fourth-order valence-electron chi connectivity index (χ4n) is 1.05. The molecule has 0 bridgehead atoms. The monoisotopic (exact) mass is 209 g/mol. The molecule has 4 nitrogen and oxygen atoms in total. The summed E-state index contributed by atoms with van der Waals surface area (Å²) in [7, 11) is 0. The van der Waals surface area contributed by atoms with Gasteiger partial charge in [0.1, 0.15) is 12.0 Å². The molecule has 2 aromatic rings. The summed E-state index contributed by atoms with van der Waals surface area (Å²) in [4.78, 5) is 4.38. The SMILES string of the molecule is CCc1csc(NCc2ccon2)n1. The number of aromatic nitrogens is 2. The molecule has 0 aliphatic heterocycles. The Kier molecular flexibility index (Phi) is 2.78. The number of aryl methyl sites for hydroxylation is 1. The molecule has 0 aromatic carbocycles. The molecule has 2 aromatic heterocycles. The van der Waals surface area contributed by atoms with E-state index in [1.165, 1.54) is 0 Å². The second kappa shape index (κ2) is 4.23. The molecule has 0 atom stereocenters. The molecule has 0 radical (unpaired) electrons. The summed E-state index contributed by atoms with van der Waals surface area (Å²) in [6.07, 6.45) is 2.54. The third-order valence-electron chi connectivity index (χ3n) is 1.83. The van der Waals surface area contributed by atoms with E-state index in [1.54, 1.807) is 17.6 Å². The third kappa shape index (κ3) is 2.11. The first-order valence-corrected chi connectivity index (χ1v) is 5.34. The van der Waals surface area contributed by atoms with Crippen LogP contribution in [0.15, 0.2) is 22.2 Å². The first-order valence-electron chi connectivity index (χ1n) is 4.46.